The van der Waals surface area contributed by atoms with E-state index in [4.69, 9.17) is 13.6 Å². The van der Waals surface area contributed by atoms with Gasteiger partial charge in [-0.25, -0.2) is 4.98 Å². The van der Waals surface area contributed by atoms with Crippen LogP contribution in [0.4, 0.5) is 6.01 Å². The Hall–Kier alpha value is -3.66. The first-order valence-electron chi connectivity index (χ1n) is 9.62. The van der Waals surface area contributed by atoms with Gasteiger partial charge in [0.2, 0.25) is 0 Å². The van der Waals surface area contributed by atoms with E-state index in [1.165, 1.54) is 0 Å². The monoisotopic (exact) mass is 408 g/mol. The highest BCUT2D eigenvalue weighted by atomic mass is 16.5. The van der Waals surface area contributed by atoms with Gasteiger partial charge in [-0.15, -0.1) is 5.10 Å². The average molecular weight is 408 g/mol. The first-order valence-corrected chi connectivity index (χ1v) is 9.62. The Labute approximate surface area is 171 Å². The number of aromatic nitrogens is 4. The van der Waals surface area contributed by atoms with Gasteiger partial charge in [-0.2, -0.15) is 0 Å². The zero-order chi connectivity index (χ0) is 20.5. The molecule has 0 unspecified atom stereocenters. The van der Waals surface area contributed by atoms with Crippen molar-refractivity contribution in [1.29, 1.82) is 0 Å². The number of anilines is 1. The summed E-state index contributed by atoms with van der Waals surface area (Å²) in [7, 11) is 1.60. The molecular weight excluding hydrogens is 388 g/mol. The van der Waals surface area contributed by atoms with Gasteiger partial charge in [0.15, 0.2) is 0 Å². The van der Waals surface area contributed by atoms with Gasteiger partial charge in [0, 0.05) is 37.7 Å². The fourth-order valence-electron chi connectivity index (χ4n) is 3.68. The Morgan fingerprint density at radius 1 is 1.33 bits per heavy atom. The summed E-state index contributed by atoms with van der Waals surface area (Å²) in [4.78, 5) is 22.6. The van der Waals surface area contributed by atoms with Crippen molar-refractivity contribution in [2.75, 3.05) is 32.1 Å². The zero-order valence-corrected chi connectivity index (χ0v) is 16.3. The first-order chi connectivity index (χ1) is 14.7. The number of hydrogen-bond acceptors (Lipinski definition) is 8. The lowest BCUT2D eigenvalue weighted by molar-refractivity contribution is 0.0632. The predicted molar refractivity (Wildman–Crippen MR) is 106 cm³/mol. The van der Waals surface area contributed by atoms with Crippen molar-refractivity contribution in [3.8, 4) is 0 Å². The van der Waals surface area contributed by atoms with Crippen LogP contribution in [0.25, 0.3) is 11.0 Å². The molecule has 1 amide bonds. The Bertz CT molecular complexity index is 1150. The molecule has 3 aromatic heterocycles. The molecule has 1 atom stereocenters. The molecule has 10 nitrogen and oxygen atoms in total. The summed E-state index contributed by atoms with van der Waals surface area (Å²) in [6.07, 6.45) is 2.28. The van der Waals surface area contributed by atoms with Crippen LogP contribution < -0.4 is 5.32 Å². The number of H-pyrrole nitrogens is 1. The van der Waals surface area contributed by atoms with Crippen LogP contribution in [-0.4, -0.2) is 57.8 Å². The fourth-order valence-corrected chi connectivity index (χ4v) is 3.68. The van der Waals surface area contributed by atoms with Crippen LogP contribution >= 0.6 is 0 Å². The highest BCUT2D eigenvalue weighted by Crippen LogP contribution is 2.37. The lowest BCUT2D eigenvalue weighted by Crippen LogP contribution is -2.40. The number of nitrogens with zero attached hydrogens (tertiary/aromatic N) is 4. The second kappa shape index (κ2) is 7.64. The van der Waals surface area contributed by atoms with Gasteiger partial charge >= 0.3 is 17.8 Å². The van der Waals surface area contributed by atoms with E-state index in [1.807, 2.05) is 30.3 Å². The third-order valence-corrected chi connectivity index (χ3v) is 5.09. The summed E-state index contributed by atoms with van der Waals surface area (Å²) in [6, 6.07) is 9.35. The normalized spacial score (nSPS) is 16.0. The molecule has 0 saturated heterocycles. The zero-order valence-electron chi connectivity index (χ0n) is 16.3. The van der Waals surface area contributed by atoms with Crippen LogP contribution in [0.2, 0.25) is 0 Å². The number of imidazole rings is 1. The van der Waals surface area contributed by atoms with Crippen LogP contribution in [0.1, 0.15) is 33.9 Å². The molecule has 0 fully saturated rings. The summed E-state index contributed by atoms with van der Waals surface area (Å²) < 4.78 is 16.6. The van der Waals surface area contributed by atoms with Crippen molar-refractivity contribution in [2.24, 2.45) is 0 Å². The molecule has 1 aliphatic rings. The number of carbonyl (C=O) groups excluding carboxylic acids is 1. The summed E-state index contributed by atoms with van der Waals surface area (Å²) >= 11 is 0. The van der Waals surface area contributed by atoms with E-state index in [2.05, 4.69) is 25.5 Å². The number of para-hydroxylation sites is 1. The van der Waals surface area contributed by atoms with E-state index in [1.54, 1.807) is 18.3 Å². The van der Waals surface area contributed by atoms with Crippen LogP contribution in [0.5, 0.6) is 0 Å². The number of nitrogens with one attached hydrogen (secondary N) is 2. The molecule has 5 rings (SSSR count). The number of amides is 1. The maximum Gasteiger partial charge on any atom is 0.315 e. The number of methoxy groups -OCH3 is 1. The van der Waals surface area contributed by atoms with Gasteiger partial charge in [0.05, 0.1) is 18.6 Å². The third-order valence-electron chi connectivity index (χ3n) is 5.09. The molecule has 154 valence electrons. The van der Waals surface area contributed by atoms with Crippen LogP contribution in [0, 0.1) is 0 Å². The molecule has 4 aromatic rings. The molecule has 4 heterocycles. The molecule has 1 aromatic carbocycles. The van der Waals surface area contributed by atoms with E-state index >= 15 is 0 Å². The van der Waals surface area contributed by atoms with Gasteiger partial charge in [-0.05, 0) is 12.1 Å². The molecule has 30 heavy (non-hydrogen) atoms. The number of ether oxygens (including phenoxy) is 1. The van der Waals surface area contributed by atoms with Gasteiger partial charge < -0.3 is 28.8 Å². The van der Waals surface area contributed by atoms with Gasteiger partial charge in [0.1, 0.15) is 17.4 Å². The van der Waals surface area contributed by atoms with Gasteiger partial charge in [0.25, 0.3) is 0 Å². The van der Waals surface area contributed by atoms with Crippen molar-refractivity contribution < 1.29 is 18.4 Å². The third kappa shape index (κ3) is 3.20. The van der Waals surface area contributed by atoms with Crippen molar-refractivity contribution in [1.82, 2.24) is 25.1 Å². The van der Waals surface area contributed by atoms with E-state index in [-0.39, 0.29) is 17.8 Å². The maximum atomic E-state index is 13.3. The van der Waals surface area contributed by atoms with Crippen LogP contribution in [0.3, 0.4) is 0 Å². The summed E-state index contributed by atoms with van der Waals surface area (Å²) in [5, 5.41) is 11.7. The SMILES string of the molecule is COCCNc1nnc(C(=O)N2CCc3[nH]cnc3[C@H]2c2cc3ccccc3o2)o1. The number of hydrogen-bond donors (Lipinski definition) is 2. The molecular formula is C20H20N6O4. The minimum absolute atomic E-state index is 0.0880. The van der Waals surface area contributed by atoms with Crippen molar-refractivity contribution >= 4 is 22.9 Å². The topological polar surface area (TPSA) is 122 Å². The second-order valence-electron chi connectivity index (χ2n) is 6.94. The number of rotatable bonds is 6. The molecule has 0 saturated carbocycles. The Kier molecular flexibility index (Phi) is 4.68. The Morgan fingerprint density at radius 3 is 3.10 bits per heavy atom. The van der Waals surface area contributed by atoms with Crippen molar-refractivity contribution in [3.05, 3.63) is 59.7 Å². The number of furan rings is 1. The van der Waals surface area contributed by atoms with Gasteiger partial charge in [-0.1, -0.05) is 23.3 Å². The summed E-state index contributed by atoms with van der Waals surface area (Å²) in [5.41, 5.74) is 2.49. The summed E-state index contributed by atoms with van der Waals surface area (Å²) in [5.74, 6) is 0.173. The largest absolute Gasteiger partial charge is 0.458 e. The van der Waals surface area contributed by atoms with E-state index < -0.39 is 6.04 Å². The van der Waals surface area contributed by atoms with E-state index in [9.17, 15) is 4.79 Å². The fraction of sp³-hybridized carbons (Fsp3) is 0.300. The van der Waals surface area contributed by atoms with E-state index in [0.29, 0.717) is 31.9 Å². The number of fused-ring (bicyclic) bond motifs is 2. The lowest BCUT2D eigenvalue weighted by atomic mass is 10.00. The van der Waals surface area contributed by atoms with Gasteiger partial charge in [-0.3, -0.25) is 4.79 Å². The lowest BCUT2D eigenvalue weighted by Gasteiger charge is -2.32. The van der Waals surface area contributed by atoms with Crippen molar-refractivity contribution in [2.45, 2.75) is 12.5 Å². The highest BCUT2D eigenvalue weighted by molar-refractivity contribution is 5.90. The Balaban J connectivity index is 1.48. The quantitative estimate of drug-likeness (QED) is 0.466. The molecule has 0 bridgehead atoms. The molecule has 0 aliphatic carbocycles. The standard InChI is InChI=1S/C20H20N6O4/c1-28-9-7-21-20-25-24-18(30-20)19(27)26-8-6-13-16(23-11-22-13)17(26)15-10-12-4-2-3-5-14(12)29-15/h2-5,10-11,17H,6-9H2,1H3,(H,21,25)(H,22,23)/t17-/m1/s1. The summed E-state index contributed by atoms with van der Waals surface area (Å²) in [6.45, 7) is 1.44. The first kappa shape index (κ1) is 18.4. The average Bonchev–Trinajstić information content (AvgIpc) is 3.51. The Morgan fingerprint density at radius 2 is 2.23 bits per heavy atom. The van der Waals surface area contributed by atoms with Crippen LogP contribution in [-0.2, 0) is 11.2 Å². The number of carbonyl (C=O) groups is 1. The molecule has 0 spiro atoms. The highest BCUT2D eigenvalue weighted by Gasteiger charge is 2.38. The molecule has 2 N–H and O–H groups in total. The minimum Gasteiger partial charge on any atom is -0.458 e. The number of benzene rings is 1. The second-order valence-corrected chi connectivity index (χ2v) is 6.94. The molecule has 0 radical (unpaired) electrons. The number of aromatic amines is 1. The van der Waals surface area contributed by atoms with Crippen LogP contribution in [0.15, 0.2) is 45.5 Å². The maximum absolute atomic E-state index is 13.3. The minimum atomic E-state index is -0.489. The van der Waals surface area contributed by atoms with Crippen molar-refractivity contribution in [3.63, 3.8) is 0 Å². The molecule has 1 aliphatic heterocycles. The predicted octanol–water partition coefficient (Wildman–Crippen LogP) is 2.39. The van der Waals surface area contributed by atoms with E-state index in [0.717, 1.165) is 22.4 Å². The smallest absolute Gasteiger partial charge is 0.315 e. The molecule has 10 heteroatoms.